The second kappa shape index (κ2) is 14.8. The minimum absolute atomic E-state index is 0.655. The van der Waals surface area contributed by atoms with E-state index < -0.39 is 11.9 Å². The predicted octanol–water partition coefficient (Wildman–Crippen LogP) is 3.61. The van der Waals surface area contributed by atoms with Gasteiger partial charge in [-0.3, -0.25) is 4.90 Å². The minimum Gasteiger partial charge on any atom is -0.493 e. The molecular weight excluding hydrogens is 504 g/mol. The first-order valence-corrected chi connectivity index (χ1v) is 12.7. The van der Waals surface area contributed by atoms with Crippen LogP contribution in [0, 0.1) is 0 Å². The van der Waals surface area contributed by atoms with E-state index in [0.717, 1.165) is 69.4 Å². The first-order chi connectivity index (χ1) is 18.9. The summed E-state index contributed by atoms with van der Waals surface area (Å²) in [4.78, 5) is 23.2. The van der Waals surface area contributed by atoms with E-state index in [1.165, 1.54) is 10.8 Å². The molecule has 0 atom stereocenters. The van der Waals surface area contributed by atoms with Crippen molar-refractivity contribution >= 4 is 22.7 Å². The molecule has 210 valence electrons. The smallest absolute Gasteiger partial charge is 0.414 e. The molecule has 3 aromatic rings. The van der Waals surface area contributed by atoms with Crippen molar-refractivity contribution in [2.75, 3.05) is 60.7 Å². The van der Waals surface area contributed by atoms with Crippen LogP contribution in [0.3, 0.4) is 0 Å². The van der Waals surface area contributed by atoms with Gasteiger partial charge in [-0.25, -0.2) is 9.59 Å². The van der Waals surface area contributed by atoms with Crippen LogP contribution in [-0.2, 0) is 16.1 Å². The average Bonchev–Trinajstić information content (AvgIpc) is 2.96. The maximum Gasteiger partial charge on any atom is 0.414 e. The molecule has 0 unspecified atom stereocenters. The fourth-order valence-corrected chi connectivity index (χ4v) is 4.49. The van der Waals surface area contributed by atoms with Gasteiger partial charge >= 0.3 is 11.9 Å². The van der Waals surface area contributed by atoms with Gasteiger partial charge in [0.15, 0.2) is 11.5 Å². The summed E-state index contributed by atoms with van der Waals surface area (Å²) in [6, 6.07) is 18.6. The van der Waals surface area contributed by atoms with Crippen molar-refractivity contribution in [1.29, 1.82) is 0 Å². The van der Waals surface area contributed by atoms with Crippen LogP contribution in [0.5, 0.6) is 23.0 Å². The summed E-state index contributed by atoms with van der Waals surface area (Å²) in [7, 11) is 4.97. The van der Waals surface area contributed by atoms with E-state index in [-0.39, 0.29) is 0 Å². The zero-order valence-electron chi connectivity index (χ0n) is 22.6. The van der Waals surface area contributed by atoms with Crippen molar-refractivity contribution in [3.8, 4) is 23.0 Å². The van der Waals surface area contributed by atoms with Gasteiger partial charge in [-0.15, -0.1) is 0 Å². The second-order valence-corrected chi connectivity index (χ2v) is 8.90. The lowest BCUT2D eigenvalue weighted by Crippen LogP contribution is -2.46. The van der Waals surface area contributed by atoms with E-state index in [1.807, 2.05) is 6.07 Å². The summed E-state index contributed by atoms with van der Waals surface area (Å²) < 4.78 is 22.7. The normalized spacial score (nSPS) is 13.7. The van der Waals surface area contributed by atoms with Gasteiger partial charge in [0, 0.05) is 50.2 Å². The number of methoxy groups -OCH3 is 3. The average molecular weight is 541 g/mol. The fraction of sp³-hybridized carbons (Fsp3) is 0.379. The molecule has 0 spiro atoms. The Labute approximate surface area is 228 Å². The molecule has 0 bridgehead atoms. The number of hydrogen-bond acceptors (Lipinski definition) is 8. The summed E-state index contributed by atoms with van der Waals surface area (Å²) in [5.74, 6) is -0.576. The number of carboxylic acid groups (broad SMARTS) is 2. The number of ether oxygens (including phenoxy) is 4. The summed E-state index contributed by atoms with van der Waals surface area (Å²) >= 11 is 0. The number of nitrogens with zero attached hydrogens (tertiary/aromatic N) is 2. The van der Waals surface area contributed by atoms with E-state index >= 15 is 0 Å². The maximum atomic E-state index is 9.10. The molecule has 2 N–H and O–H groups in total. The Morgan fingerprint density at radius 1 is 0.744 bits per heavy atom. The third-order valence-corrected chi connectivity index (χ3v) is 6.45. The van der Waals surface area contributed by atoms with Crippen LogP contribution in [0.1, 0.15) is 12.0 Å². The summed E-state index contributed by atoms with van der Waals surface area (Å²) in [6.45, 7) is 6.80. The van der Waals surface area contributed by atoms with Crippen LogP contribution in [0.2, 0.25) is 0 Å². The highest BCUT2D eigenvalue weighted by molar-refractivity contribution is 6.27. The third kappa shape index (κ3) is 8.23. The lowest BCUT2D eigenvalue weighted by Gasteiger charge is -2.35. The van der Waals surface area contributed by atoms with E-state index in [2.05, 4.69) is 58.3 Å². The van der Waals surface area contributed by atoms with Gasteiger partial charge in [-0.1, -0.05) is 42.5 Å². The molecule has 0 aliphatic carbocycles. The number of carboxylic acids is 2. The lowest BCUT2D eigenvalue weighted by molar-refractivity contribution is -0.159. The molecule has 1 saturated heterocycles. The quantitative estimate of drug-likeness (QED) is 0.292. The Balaban J connectivity index is 0.000000631. The molecule has 1 aliphatic heterocycles. The number of benzene rings is 3. The fourth-order valence-electron chi connectivity index (χ4n) is 4.49. The zero-order chi connectivity index (χ0) is 28.2. The van der Waals surface area contributed by atoms with Gasteiger partial charge in [-0.2, -0.15) is 0 Å². The van der Waals surface area contributed by atoms with E-state index in [9.17, 15) is 0 Å². The Morgan fingerprint density at radius 3 is 2.03 bits per heavy atom. The van der Waals surface area contributed by atoms with Crippen LogP contribution in [0.15, 0.2) is 54.6 Å². The predicted molar refractivity (Wildman–Crippen MR) is 147 cm³/mol. The van der Waals surface area contributed by atoms with E-state index in [1.54, 1.807) is 21.3 Å². The van der Waals surface area contributed by atoms with Crippen LogP contribution in [-0.4, -0.2) is 92.6 Å². The van der Waals surface area contributed by atoms with Crippen molar-refractivity contribution in [3.63, 3.8) is 0 Å². The Morgan fingerprint density at radius 2 is 1.38 bits per heavy atom. The van der Waals surface area contributed by atoms with Gasteiger partial charge in [0.2, 0.25) is 5.75 Å². The molecule has 0 radical (unpaired) electrons. The van der Waals surface area contributed by atoms with Crippen molar-refractivity contribution < 1.29 is 38.7 Å². The van der Waals surface area contributed by atoms with Crippen LogP contribution < -0.4 is 18.9 Å². The maximum absolute atomic E-state index is 9.10. The molecule has 1 fully saturated rings. The zero-order valence-corrected chi connectivity index (χ0v) is 22.6. The number of aliphatic carboxylic acids is 2. The number of rotatable bonds is 10. The molecule has 3 aromatic carbocycles. The molecule has 4 rings (SSSR count). The number of hydrogen-bond donors (Lipinski definition) is 2. The monoisotopic (exact) mass is 540 g/mol. The first kappa shape index (κ1) is 29.5. The highest BCUT2D eigenvalue weighted by atomic mass is 16.5. The highest BCUT2D eigenvalue weighted by Gasteiger charge is 2.21. The van der Waals surface area contributed by atoms with Gasteiger partial charge in [0.1, 0.15) is 5.75 Å². The van der Waals surface area contributed by atoms with Gasteiger partial charge < -0.3 is 34.1 Å². The number of fused-ring (bicyclic) bond motifs is 1. The largest absolute Gasteiger partial charge is 0.493 e. The van der Waals surface area contributed by atoms with Gasteiger partial charge in [-0.05, 0) is 23.9 Å². The van der Waals surface area contributed by atoms with Crippen molar-refractivity contribution in [2.24, 2.45) is 0 Å². The summed E-state index contributed by atoms with van der Waals surface area (Å²) in [6.07, 6.45) is 1.02. The van der Waals surface area contributed by atoms with Gasteiger partial charge in [0.25, 0.3) is 0 Å². The van der Waals surface area contributed by atoms with Crippen molar-refractivity contribution in [3.05, 3.63) is 60.2 Å². The molecule has 0 amide bonds. The van der Waals surface area contributed by atoms with Crippen LogP contribution in [0.4, 0.5) is 0 Å². The number of carbonyl (C=O) groups is 2. The second-order valence-electron chi connectivity index (χ2n) is 8.90. The Hall–Kier alpha value is -4.02. The number of piperazine rings is 1. The molecule has 39 heavy (non-hydrogen) atoms. The molecule has 0 aromatic heterocycles. The van der Waals surface area contributed by atoms with Crippen molar-refractivity contribution in [2.45, 2.75) is 13.0 Å². The topological polar surface area (TPSA) is 118 Å². The molecule has 10 heteroatoms. The SMILES string of the molecule is COc1ccc(CN2CCN(CCCOc3cccc4ccccc34)CC2)c(OC)c1OC.O=C(O)C(=O)O. The molecule has 1 heterocycles. The standard InChI is InChI=1S/C27H34N2O4.C2H2O4/c1-30-25-13-12-22(26(31-2)27(25)32-3)20-29-17-15-28(16-18-29)14-7-19-33-24-11-6-9-21-8-4-5-10-23(21)24;3-1(4)2(5)6/h4-6,8-13H,7,14-20H2,1-3H3;(H,3,4)(H,5,6). The molecule has 0 saturated carbocycles. The lowest BCUT2D eigenvalue weighted by atomic mass is 10.1. The van der Waals surface area contributed by atoms with Crippen LogP contribution >= 0.6 is 0 Å². The molecular formula is C29H36N2O8. The van der Waals surface area contributed by atoms with E-state index in [0.29, 0.717) is 11.5 Å². The van der Waals surface area contributed by atoms with Crippen molar-refractivity contribution in [1.82, 2.24) is 9.80 Å². The Kier molecular flexibility index (Phi) is 11.2. The minimum atomic E-state index is -1.82. The third-order valence-electron chi connectivity index (χ3n) is 6.45. The van der Waals surface area contributed by atoms with Gasteiger partial charge in [0.05, 0.1) is 27.9 Å². The summed E-state index contributed by atoms with van der Waals surface area (Å²) in [5.41, 5.74) is 1.12. The molecule has 1 aliphatic rings. The van der Waals surface area contributed by atoms with Crippen LogP contribution in [0.25, 0.3) is 10.8 Å². The highest BCUT2D eigenvalue weighted by Crippen LogP contribution is 2.40. The molecule has 10 nitrogen and oxygen atoms in total. The first-order valence-electron chi connectivity index (χ1n) is 12.7. The van der Waals surface area contributed by atoms with E-state index in [4.69, 9.17) is 38.7 Å². The Bertz CT molecular complexity index is 1220. The summed E-state index contributed by atoms with van der Waals surface area (Å²) in [5, 5.41) is 17.2.